The van der Waals surface area contributed by atoms with E-state index < -0.39 is 23.7 Å². The maximum absolute atomic E-state index is 13.0. The summed E-state index contributed by atoms with van der Waals surface area (Å²) in [5, 5.41) is 5.56. The lowest BCUT2D eigenvalue weighted by molar-refractivity contribution is -0.118. The van der Waals surface area contributed by atoms with E-state index in [1.807, 2.05) is 0 Å². The topological polar surface area (TPSA) is 87.7 Å². The number of carbonyl (C=O) groups is 3. The molecular formula is C24H16BrClFN3O4. The summed E-state index contributed by atoms with van der Waals surface area (Å²) in [5.41, 5.74) is 1.53. The number of halogens is 3. The first-order chi connectivity index (χ1) is 16.3. The number of urea groups is 1. The number of imide groups is 1. The average Bonchev–Trinajstić information content (AvgIpc) is 3.07. The molecule has 2 N–H and O–H groups in total. The molecule has 3 aromatic rings. The van der Waals surface area contributed by atoms with Crippen LogP contribution in [-0.2, 0) is 9.59 Å². The Bertz CT molecular complexity index is 1310. The van der Waals surface area contributed by atoms with Gasteiger partial charge in [-0.25, -0.2) is 14.1 Å². The molecule has 10 heteroatoms. The Morgan fingerprint density at radius 2 is 1.88 bits per heavy atom. The predicted molar refractivity (Wildman–Crippen MR) is 130 cm³/mol. The number of carbonyl (C=O) groups excluding carboxylic acids is 3. The van der Waals surface area contributed by atoms with E-state index in [-0.39, 0.29) is 12.3 Å². The van der Waals surface area contributed by atoms with Gasteiger partial charge < -0.3 is 15.4 Å². The maximum Gasteiger partial charge on any atom is 0.333 e. The van der Waals surface area contributed by atoms with Crippen LogP contribution >= 0.6 is 27.5 Å². The molecule has 34 heavy (non-hydrogen) atoms. The molecule has 3 aromatic carbocycles. The predicted octanol–water partition coefficient (Wildman–Crippen LogP) is 5.36. The van der Waals surface area contributed by atoms with Gasteiger partial charge in [0, 0.05) is 10.7 Å². The summed E-state index contributed by atoms with van der Waals surface area (Å²) in [6.07, 6.45) is 1.53. The van der Waals surface area contributed by atoms with E-state index in [1.54, 1.807) is 36.4 Å². The second-order valence-electron chi connectivity index (χ2n) is 7.14. The zero-order valence-electron chi connectivity index (χ0n) is 17.3. The Kier molecular flexibility index (Phi) is 6.95. The molecule has 1 aliphatic rings. The summed E-state index contributed by atoms with van der Waals surface area (Å²) in [7, 11) is 0. The van der Waals surface area contributed by atoms with Crippen molar-refractivity contribution < 1.29 is 23.5 Å². The summed E-state index contributed by atoms with van der Waals surface area (Å²) in [6.45, 7) is -0.264. The largest absolute Gasteiger partial charge is 0.483 e. The Hall–Kier alpha value is -3.69. The second kappa shape index (κ2) is 10.1. The lowest BCUT2D eigenvalue weighted by Gasteiger charge is -2.11. The van der Waals surface area contributed by atoms with Crippen LogP contribution in [0.4, 0.5) is 20.6 Å². The van der Waals surface area contributed by atoms with Gasteiger partial charge in [-0.3, -0.25) is 9.59 Å². The second-order valence-corrected chi connectivity index (χ2v) is 8.43. The molecule has 7 nitrogen and oxygen atoms in total. The lowest BCUT2D eigenvalue weighted by atomic mass is 10.2. The van der Waals surface area contributed by atoms with Crippen molar-refractivity contribution in [3.8, 4) is 5.75 Å². The number of nitrogens with one attached hydrogen (secondary N) is 2. The third-order valence-electron chi connectivity index (χ3n) is 4.70. The first-order valence-corrected chi connectivity index (χ1v) is 11.1. The highest BCUT2D eigenvalue weighted by molar-refractivity contribution is 9.10. The Labute approximate surface area is 207 Å². The molecular weight excluding hydrogens is 529 g/mol. The van der Waals surface area contributed by atoms with Crippen molar-refractivity contribution in [2.45, 2.75) is 0 Å². The van der Waals surface area contributed by atoms with Crippen LogP contribution in [0.15, 0.2) is 76.9 Å². The summed E-state index contributed by atoms with van der Waals surface area (Å²) in [5.74, 6) is -0.922. The molecule has 1 fully saturated rings. The van der Waals surface area contributed by atoms with Gasteiger partial charge in [0.2, 0.25) is 0 Å². The minimum Gasteiger partial charge on any atom is -0.483 e. The van der Waals surface area contributed by atoms with E-state index in [1.165, 1.54) is 36.4 Å². The first-order valence-electron chi connectivity index (χ1n) is 9.90. The van der Waals surface area contributed by atoms with E-state index in [0.29, 0.717) is 32.2 Å². The molecule has 1 saturated heterocycles. The van der Waals surface area contributed by atoms with Gasteiger partial charge in [0.15, 0.2) is 6.61 Å². The van der Waals surface area contributed by atoms with Crippen LogP contribution in [0.3, 0.4) is 0 Å². The molecule has 1 heterocycles. The van der Waals surface area contributed by atoms with Gasteiger partial charge >= 0.3 is 6.03 Å². The van der Waals surface area contributed by atoms with Crippen molar-refractivity contribution in [2.75, 3.05) is 16.8 Å². The molecule has 4 amide bonds. The molecule has 0 aromatic heterocycles. The molecule has 0 bridgehead atoms. The highest BCUT2D eigenvalue weighted by atomic mass is 79.9. The fourth-order valence-corrected chi connectivity index (χ4v) is 3.84. The number of hydrogen-bond acceptors (Lipinski definition) is 4. The van der Waals surface area contributed by atoms with Crippen LogP contribution in [0.2, 0.25) is 5.02 Å². The molecule has 172 valence electrons. The number of ether oxygens (including phenoxy) is 1. The van der Waals surface area contributed by atoms with Crippen LogP contribution in [0.1, 0.15) is 5.56 Å². The molecule has 1 aliphatic heterocycles. The normalized spacial score (nSPS) is 14.3. The van der Waals surface area contributed by atoms with Crippen molar-refractivity contribution >= 4 is 62.8 Å². The van der Waals surface area contributed by atoms with Gasteiger partial charge in [-0.15, -0.1) is 0 Å². The number of anilines is 2. The Morgan fingerprint density at radius 3 is 2.59 bits per heavy atom. The van der Waals surface area contributed by atoms with Crippen molar-refractivity contribution in [2.24, 2.45) is 0 Å². The third-order valence-corrected chi connectivity index (χ3v) is 5.55. The minimum atomic E-state index is -0.579. The monoisotopic (exact) mass is 543 g/mol. The average molecular weight is 545 g/mol. The summed E-state index contributed by atoms with van der Waals surface area (Å²) in [4.78, 5) is 38.2. The Balaban J connectivity index is 1.41. The Morgan fingerprint density at radius 1 is 1.12 bits per heavy atom. The fourth-order valence-electron chi connectivity index (χ4n) is 3.15. The van der Waals surface area contributed by atoms with Gasteiger partial charge in [-0.1, -0.05) is 23.7 Å². The number of amides is 4. The number of rotatable bonds is 6. The van der Waals surface area contributed by atoms with Gasteiger partial charge in [-0.05, 0) is 82.2 Å². The quantitative estimate of drug-likeness (QED) is 0.323. The number of nitrogens with zero attached hydrogens (tertiary/aromatic N) is 1. The number of benzene rings is 3. The number of hydrogen-bond donors (Lipinski definition) is 2. The van der Waals surface area contributed by atoms with E-state index in [2.05, 4.69) is 26.6 Å². The van der Waals surface area contributed by atoms with E-state index in [4.69, 9.17) is 16.3 Å². The standard InChI is InChI=1S/C24H16BrClFN3O4/c25-19-10-14(4-9-21(19)34-13-22(31)28-17-7-5-16(27)6-8-17)11-20-23(32)30(24(33)29-20)18-3-1-2-15(26)12-18/h1-12H,13H2,(H,28,31)(H,29,33)/b20-11+. The van der Waals surface area contributed by atoms with Crippen molar-refractivity contribution in [1.29, 1.82) is 0 Å². The van der Waals surface area contributed by atoms with Crippen molar-refractivity contribution in [3.63, 3.8) is 0 Å². The molecule has 0 spiro atoms. The zero-order valence-corrected chi connectivity index (χ0v) is 19.7. The third kappa shape index (κ3) is 5.44. The van der Waals surface area contributed by atoms with Crippen LogP contribution in [0.25, 0.3) is 6.08 Å². The highest BCUT2D eigenvalue weighted by Crippen LogP contribution is 2.29. The minimum absolute atomic E-state index is 0.101. The van der Waals surface area contributed by atoms with E-state index in [0.717, 1.165) is 4.90 Å². The van der Waals surface area contributed by atoms with Crippen LogP contribution in [0.5, 0.6) is 5.75 Å². The first kappa shape index (κ1) is 23.5. The van der Waals surface area contributed by atoms with E-state index >= 15 is 0 Å². The molecule has 0 unspecified atom stereocenters. The SMILES string of the molecule is O=C(COc1ccc(/C=C2/NC(=O)N(c3cccc(Cl)c3)C2=O)cc1Br)Nc1ccc(F)cc1. The molecule has 0 radical (unpaired) electrons. The van der Waals surface area contributed by atoms with Gasteiger partial charge in [0.05, 0.1) is 10.2 Å². The molecule has 0 saturated carbocycles. The van der Waals surface area contributed by atoms with Crippen LogP contribution in [0, 0.1) is 5.82 Å². The molecule has 0 aliphatic carbocycles. The smallest absolute Gasteiger partial charge is 0.333 e. The van der Waals surface area contributed by atoms with Crippen molar-refractivity contribution in [3.05, 3.63) is 93.3 Å². The zero-order chi connectivity index (χ0) is 24.2. The van der Waals surface area contributed by atoms with Gasteiger partial charge in [0.1, 0.15) is 17.3 Å². The maximum atomic E-state index is 13.0. The lowest BCUT2D eigenvalue weighted by Crippen LogP contribution is -2.30. The summed E-state index contributed by atoms with van der Waals surface area (Å²) < 4.78 is 19.0. The molecule has 4 rings (SSSR count). The van der Waals surface area contributed by atoms with Crippen molar-refractivity contribution in [1.82, 2.24) is 5.32 Å². The fraction of sp³-hybridized carbons (Fsp3) is 0.0417. The van der Waals surface area contributed by atoms with Gasteiger partial charge in [0.25, 0.3) is 11.8 Å². The van der Waals surface area contributed by atoms with Gasteiger partial charge in [-0.2, -0.15) is 0 Å². The summed E-state index contributed by atoms with van der Waals surface area (Å²) >= 11 is 9.35. The molecule has 0 atom stereocenters. The highest BCUT2D eigenvalue weighted by Gasteiger charge is 2.34. The summed E-state index contributed by atoms with van der Waals surface area (Å²) in [6, 6.07) is 16.2. The van der Waals surface area contributed by atoms with E-state index in [9.17, 15) is 18.8 Å². The van der Waals surface area contributed by atoms with Crippen LogP contribution < -0.4 is 20.3 Å². The van der Waals surface area contributed by atoms with Crippen LogP contribution in [-0.4, -0.2) is 24.5 Å².